The highest BCUT2D eigenvalue weighted by Crippen LogP contribution is 1.99. The molecule has 0 aliphatic heterocycles. The summed E-state index contributed by atoms with van der Waals surface area (Å²) in [6.07, 6.45) is 0. The van der Waals surface area contributed by atoms with Crippen LogP contribution in [0.15, 0.2) is 0 Å². The SMILES string of the molecule is CN(C)S(=O)(=O)NCC(C)(C)O. The molecule has 0 fully saturated rings. The van der Waals surface area contributed by atoms with Crippen molar-refractivity contribution in [2.45, 2.75) is 19.4 Å². The number of nitrogens with one attached hydrogen (secondary N) is 1. The zero-order chi connectivity index (χ0) is 9.99. The maximum absolute atomic E-state index is 11.1. The van der Waals surface area contributed by atoms with E-state index in [1.54, 1.807) is 0 Å². The second-order valence-electron chi connectivity index (χ2n) is 3.42. The number of rotatable bonds is 4. The summed E-state index contributed by atoms with van der Waals surface area (Å²) in [6, 6.07) is 0. The Morgan fingerprint density at radius 1 is 1.42 bits per heavy atom. The van der Waals surface area contributed by atoms with Gasteiger partial charge in [-0.05, 0) is 13.8 Å². The van der Waals surface area contributed by atoms with Gasteiger partial charge in [-0.2, -0.15) is 17.4 Å². The van der Waals surface area contributed by atoms with Crippen molar-refractivity contribution >= 4 is 10.2 Å². The zero-order valence-electron chi connectivity index (χ0n) is 7.83. The highest BCUT2D eigenvalue weighted by molar-refractivity contribution is 7.87. The minimum absolute atomic E-state index is 0.00745. The standard InChI is InChI=1S/C6H16N2O3S/c1-6(2,9)5-7-12(10,11)8(3)4/h7,9H,5H2,1-4H3. The second kappa shape index (κ2) is 3.69. The van der Waals surface area contributed by atoms with Gasteiger partial charge in [0.05, 0.1) is 5.60 Å². The fourth-order valence-electron chi connectivity index (χ4n) is 0.397. The molecule has 2 N–H and O–H groups in total. The van der Waals surface area contributed by atoms with Gasteiger partial charge in [0.1, 0.15) is 0 Å². The molecule has 12 heavy (non-hydrogen) atoms. The monoisotopic (exact) mass is 196 g/mol. The van der Waals surface area contributed by atoms with Crippen molar-refractivity contribution in [2.75, 3.05) is 20.6 Å². The van der Waals surface area contributed by atoms with E-state index in [-0.39, 0.29) is 6.54 Å². The normalized spacial score (nSPS) is 13.8. The topological polar surface area (TPSA) is 69.6 Å². The third-order valence-electron chi connectivity index (χ3n) is 1.17. The van der Waals surface area contributed by atoms with E-state index in [2.05, 4.69) is 4.72 Å². The van der Waals surface area contributed by atoms with Crippen molar-refractivity contribution in [3.05, 3.63) is 0 Å². The molecule has 0 unspecified atom stereocenters. The average molecular weight is 196 g/mol. The quantitative estimate of drug-likeness (QED) is 0.615. The highest BCUT2D eigenvalue weighted by Gasteiger charge is 2.18. The van der Waals surface area contributed by atoms with Crippen LogP contribution in [-0.4, -0.2) is 44.1 Å². The Hall–Kier alpha value is -0.170. The third kappa shape index (κ3) is 4.66. The van der Waals surface area contributed by atoms with Gasteiger partial charge >= 0.3 is 0 Å². The van der Waals surface area contributed by atoms with Gasteiger partial charge in [0, 0.05) is 20.6 Å². The number of hydrogen-bond donors (Lipinski definition) is 2. The van der Waals surface area contributed by atoms with Crippen LogP contribution < -0.4 is 4.72 Å². The first kappa shape index (κ1) is 11.8. The van der Waals surface area contributed by atoms with E-state index < -0.39 is 15.8 Å². The molecule has 5 nitrogen and oxygen atoms in total. The molecule has 0 aliphatic carbocycles. The lowest BCUT2D eigenvalue weighted by atomic mass is 10.1. The molecule has 0 saturated carbocycles. The first-order valence-corrected chi connectivity index (χ1v) is 4.99. The van der Waals surface area contributed by atoms with Gasteiger partial charge in [0.2, 0.25) is 0 Å². The second-order valence-corrected chi connectivity index (χ2v) is 5.39. The van der Waals surface area contributed by atoms with E-state index in [4.69, 9.17) is 0 Å². The molecule has 0 amide bonds. The van der Waals surface area contributed by atoms with Crippen LogP contribution in [0.2, 0.25) is 0 Å². The van der Waals surface area contributed by atoms with Crippen LogP contribution in [0.5, 0.6) is 0 Å². The Labute approximate surface area is 73.6 Å². The minimum atomic E-state index is -3.41. The Kier molecular flexibility index (Phi) is 3.64. The van der Waals surface area contributed by atoms with Crippen molar-refractivity contribution in [3.63, 3.8) is 0 Å². The summed E-state index contributed by atoms with van der Waals surface area (Å²) in [5, 5.41) is 9.22. The minimum Gasteiger partial charge on any atom is -0.389 e. The van der Waals surface area contributed by atoms with E-state index in [9.17, 15) is 13.5 Å². The van der Waals surface area contributed by atoms with Crippen LogP contribution >= 0.6 is 0 Å². The van der Waals surface area contributed by atoms with E-state index in [0.717, 1.165) is 4.31 Å². The first-order chi connectivity index (χ1) is 5.15. The summed E-state index contributed by atoms with van der Waals surface area (Å²) in [7, 11) is -0.561. The lowest BCUT2D eigenvalue weighted by molar-refractivity contribution is 0.0853. The van der Waals surface area contributed by atoms with Crippen molar-refractivity contribution in [1.29, 1.82) is 0 Å². The predicted molar refractivity (Wildman–Crippen MR) is 46.9 cm³/mol. The fraction of sp³-hybridized carbons (Fsp3) is 1.00. The summed E-state index contributed by atoms with van der Waals surface area (Å²) in [5.41, 5.74) is -1.02. The zero-order valence-corrected chi connectivity index (χ0v) is 8.64. The van der Waals surface area contributed by atoms with Gasteiger partial charge < -0.3 is 5.11 Å². The molecule has 74 valence electrons. The van der Waals surface area contributed by atoms with E-state index in [1.807, 2.05) is 0 Å². The summed E-state index contributed by atoms with van der Waals surface area (Å²) < 4.78 is 25.5. The Morgan fingerprint density at radius 3 is 2.08 bits per heavy atom. The highest BCUT2D eigenvalue weighted by atomic mass is 32.2. The number of nitrogens with zero attached hydrogens (tertiary/aromatic N) is 1. The largest absolute Gasteiger partial charge is 0.389 e. The van der Waals surface area contributed by atoms with Gasteiger partial charge in [-0.25, -0.2) is 0 Å². The first-order valence-electron chi connectivity index (χ1n) is 3.55. The predicted octanol–water partition coefficient (Wildman–Crippen LogP) is -0.847. The molecule has 0 rings (SSSR count). The molecule has 0 bridgehead atoms. The fourth-order valence-corrected chi connectivity index (χ4v) is 1.19. The van der Waals surface area contributed by atoms with Crippen molar-refractivity contribution in [3.8, 4) is 0 Å². The molecule has 0 aromatic heterocycles. The van der Waals surface area contributed by atoms with Crippen LogP contribution in [0.3, 0.4) is 0 Å². The van der Waals surface area contributed by atoms with E-state index in [0.29, 0.717) is 0 Å². The lowest BCUT2D eigenvalue weighted by Crippen LogP contribution is -2.43. The van der Waals surface area contributed by atoms with Gasteiger partial charge in [0.25, 0.3) is 10.2 Å². The Balaban J connectivity index is 4.12. The molecule has 0 radical (unpaired) electrons. The van der Waals surface area contributed by atoms with Crippen molar-refractivity contribution in [1.82, 2.24) is 9.03 Å². The van der Waals surface area contributed by atoms with Crippen LogP contribution in [-0.2, 0) is 10.2 Å². The molecule has 0 heterocycles. The summed E-state index contributed by atoms with van der Waals surface area (Å²) in [6.45, 7) is 3.07. The third-order valence-corrected chi connectivity index (χ3v) is 2.64. The molecule has 0 atom stereocenters. The van der Waals surface area contributed by atoms with Crippen LogP contribution in [0.25, 0.3) is 0 Å². The average Bonchev–Trinajstić information content (AvgIpc) is 1.82. The molecular formula is C6H16N2O3S. The summed E-state index contributed by atoms with van der Waals surface area (Å²) >= 11 is 0. The van der Waals surface area contributed by atoms with Gasteiger partial charge in [-0.3, -0.25) is 0 Å². The maximum Gasteiger partial charge on any atom is 0.279 e. The van der Waals surface area contributed by atoms with Gasteiger partial charge in [-0.15, -0.1) is 0 Å². The summed E-state index contributed by atoms with van der Waals surface area (Å²) in [5.74, 6) is 0. The summed E-state index contributed by atoms with van der Waals surface area (Å²) in [4.78, 5) is 0. The Bertz CT molecular complexity index is 228. The molecule has 0 aliphatic rings. The van der Waals surface area contributed by atoms with Crippen LogP contribution in [0.1, 0.15) is 13.8 Å². The molecule has 6 heteroatoms. The Morgan fingerprint density at radius 2 is 1.83 bits per heavy atom. The molecule has 0 spiro atoms. The smallest absolute Gasteiger partial charge is 0.279 e. The molecule has 0 aromatic rings. The number of aliphatic hydroxyl groups is 1. The van der Waals surface area contributed by atoms with Gasteiger partial charge in [-0.1, -0.05) is 0 Å². The number of hydrogen-bond acceptors (Lipinski definition) is 3. The lowest BCUT2D eigenvalue weighted by Gasteiger charge is -2.19. The molecular weight excluding hydrogens is 180 g/mol. The van der Waals surface area contributed by atoms with Crippen molar-refractivity contribution in [2.24, 2.45) is 0 Å². The molecule has 0 aromatic carbocycles. The van der Waals surface area contributed by atoms with Crippen molar-refractivity contribution < 1.29 is 13.5 Å². The van der Waals surface area contributed by atoms with Crippen LogP contribution in [0, 0.1) is 0 Å². The van der Waals surface area contributed by atoms with Gasteiger partial charge in [0.15, 0.2) is 0 Å². The van der Waals surface area contributed by atoms with E-state index in [1.165, 1.54) is 27.9 Å². The maximum atomic E-state index is 11.1. The van der Waals surface area contributed by atoms with Crippen LogP contribution in [0.4, 0.5) is 0 Å². The molecule has 0 saturated heterocycles. The van der Waals surface area contributed by atoms with E-state index >= 15 is 0 Å².